The second kappa shape index (κ2) is 3.56. The maximum atomic E-state index is 13.4. The molecular weight excluding hydrogens is 195 g/mol. The van der Waals surface area contributed by atoms with Gasteiger partial charge in [0.05, 0.1) is 11.4 Å². The van der Waals surface area contributed by atoms with Gasteiger partial charge >= 0.3 is 0 Å². The summed E-state index contributed by atoms with van der Waals surface area (Å²) in [5, 5.41) is 4.13. The van der Waals surface area contributed by atoms with Gasteiger partial charge in [-0.3, -0.25) is 4.98 Å². The molecule has 1 atom stereocenters. The molecule has 0 aliphatic carbocycles. The minimum Gasteiger partial charge on any atom is -0.256 e. The van der Waals surface area contributed by atoms with Crippen molar-refractivity contribution in [1.29, 1.82) is 0 Å². The minimum absolute atomic E-state index is 0.247. The zero-order valence-electron chi connectivity index (χ0n) is 9.03. The van der Waals surface area contributed by atoms with Crippen LogP contribution in [0.2, 0.25) is 0 Å². The standard InChI is InChI=1S/C10H13FN4/c1-4-8(11)9-13-10-7(3)12-5-6(2)15(10)14-9/h5,8H,4H2,1-3H3. The minimum atomic E-state index is -1.09. The van der Waals surface area contributed by atoms with Gasteiger partial charge in [0.15, 0.2) is 17.6 Å². The van der Waals surface area contributed by atoms with Crippen LogP contribution in [0.25, 0.3) is 5.65 Å². The van der Waals surface area contributed by atoms with Gasteiger partial charge in [0, 0.05) is 6.20 Å². The first-order valence-corrected chi connectivity index (χ1v) is 4.96. The van der Waals surface area contributed by atoms with Crippen LogP contribution in [-0.2, 0) is 0 Å². The van der Waals surface area contributed by atoms with Crippen LogP contribution in [-0.4, -0.2) is 19.6 Å². The maximum absolute atomic E-state index is 13.4. The molecule has 0 bridgehead atoms. The van der Waals surface area contributed by atoms with Gasteiger partial charge in [-0.2, -0.15) is 0 Å². The summed E-state index contributed by atoms with van der Waals surface area (Å²) in [6.45, 7) is 5.48. The maximum Gasteiger partial charge on any atom is 0.185 e. The summed E-state index contributed by atoms with van der Waals surface area (Å²) in [5.74, 6) is 0.247. The highest BCUT2D eigenvalue weighted by Crippen LogP contribution is 2.18. The molecule has 0 fully saturated rings. The Hall–Kier alpha value is -1.52. The lowest BCUT2D eigenvalue weighted by Crippen LogP contribution is -1.98. The normalized spacial score (nSPS) is 13.3. The Kier molecular flexibility index (Phi) is 2.38. The summed E-state index contributed by atoms with van der Waals surface area (Å²) >= 11 is 0. The largest absolute Gasteiger partial charge is 0.256 e. The highest BCUT2D eigenvalue weighted by atomic mass is 19.1. The van der Waals surface area contributed by atoms with Crippen LogP contribution in [0, 0.1) is 13.8 Å². The number of aromatic nitrogens is 4. The lowest BCUT2D eigenvalue weighted by Gasteiger charge is -1.98. The third kappa shape index (κ3) is 1.58. The average molecular weight is 208 g/mol. The van der Waals surface area contributed by atoms with Gasteiger partial charge in [0.1, 0.15) is 0 Å². The summed E-state index contributed by atoms with van der Waals surface area (Å²) in [6.07, 6.45) is 1.01. The summed E-state index contributed by atoms with van der Waals surface area (Å²) in [4.78, 5) is 8.32. The molecule has 0 saturated heterocycles. The van der Waals surface area contributed by atoms with E-state index in [0.717, 1.165) is 11.4 Å². The van der Waals surface area contributed by atoms with E-state index in [1.54, 1.807) is 17.6 Å². The average Bonchev–Trinajstić information content (AvgIpc) is 2.68. The fraction of sp³-hybridized carbons (Fsp3) is 0.500. The van der Waals surface area contributed by atoms with Crippen LogP contribution < -0.4 is 0 Å². The molecule has 5 heteroatoms. The monoisotopic (exact) mass is 208 g/mol. The quantitative estimate of drug-likeness (QED) is 0.759. The third-order valence-corrected chi connectivity index (χ3v) is 2.36. The molecule has 80 valence electrons. The van der Waals surface area contributed by atoms with E-state index in [0.29, 0.717) is 12.1 Å². The molecule has 2 rings (SSSR count). The molecule has 1 unspecified atom stereocenters. The van der Waals surface area contributed by atoms with E-state index in [-0.39, 0.29) is 5.82 Å². The second-order valence-electron chi connectivity index (χ2n) is 3.57. The predicted molar refractivity (Wildman–Crippen MR) is 54.4 cm³/mol. The van der Waals surface area contributed by atoms with Crippen molar-refractivity contribution in [3.8, 4) is 0 Å². The van der Waals surface area contributed by atoms with Gasteiger partial charge in [-0.25, -0.2) is 13.9 Å². The molecule has 2 aromatic rings. The summed E-state index contributed by atoms with van der Waals surface area (Å²) in [7, 11) is 0. The topological polar surface area (TPSA) is 43.1 Å². The van der Waals surface area contributed by atoms with Crippen LogP contribution in [0.1, 0.15) is 36.7 Å². The second-order valence-corrected chi connectivity index (χ2v) is 3.57. The highest BCUT2D eigenvalue weighted by molar-refractivity contribution is 5.43. The van der Waals surface area contributed by atoms with E-state index in [9.17, 15) is 4.39 Å². The van der Waals surface area contributed by atoms with Crippen molar-refractivity contribution in [2.24, 2.45) is 0 Å². The number of nitrogens with zero attached hydrogens (tertiary/aromatic N) is 4. The Labute approximate surface area is 87.2 Å². The molecule has 4 nitrogen and oxygen atoms in total. The Morgan fingerprint density at radius 1 is 1.47 bits per heavy atom. The van der Waals surface area contributed by atoms with Crippen LogP contribution in [0.3, 0.4) is 0 Å². The lowest BCUT2D eigenvalue weighted by atomic mass is 10.3. The molecular formula is C10H13FN4. The van der Waals surface area contributed by atoms with E-state index >= 15 is 0 Å². The number of aryl methyl sites for hydroxylation is 2. The Morgan fingerprint density at radius 3 is 2.80 bits per heavy atom. The smallest absolute Gasteiger partial charge is 0.185 e. The zero-order valence-corrected chi connectivity index (χ0v) is 9.03. The van der Waals surface area contributed by atoms with Gasteiger partial charge in [0.25, 0.3) is 0 Å². The number of hydrogen-bond donors (Lipinski definition) is 0. The van der Waals surface area contributed by atoms with Gasteiger partial charge in [-0.05, 0) is 20.3 Å². The fourth-order valence-corrected chi connectivity index (χ4v) is 1.43. The van der Waals surface area contributed by atoms with Crippen molar-refractivity contribution in [3.63, 3.8) is 0 Å². The van der Waals surface area contributed by atoms with Crippen molar-refractivity contribution in [1.82, 2.24) is 19.6 Å². The van der Waals surface area contributed by atoms with Crippen LogP contribution in [0.15, 0.2) is 6.20 Å². The Morgan fingerprint density at radius 2 is 2.20 bits per heavy atom. The predicted octanol–water partition coefficient (Wildman–Crippen LogP) is 2.16. The van der Waals surface area contributed by atoms with E-state index in [1.165, 1.54) is 0 Å². The van der Waals surface area contributed by atoms with Crippen molar-refractivity contribution < 1.29 is 4.39 Å². The SMILES string of the molecule is CCC(F)c1nc2c(C)ncc(C)n2n1. The molecule has 0 amide bonds. The summed E-state index contributed by atoms with van der Waals surface area (Å²) in [5.41, 5.74) is 2.27. The molecule has 0 saturated carbocycles. The molecule has 0 aliphatic heterocycles. The van der Waals surface area contributed by atoms with Crippen molar-refractivity contribution in [2.75, 3.05) is 0 Å². The molecule has 0 radical (unpaired) electrons. The highest BCUT2D eigenvalue weighted by Gasteiger charge is 2.15. The summed E-state index contributed by atoms with van der Waals surface area (Å²) in [6, 6.07) is 0. The van der Waals surface area contributed by atoms with Crippen molar-refractivity contribution >= 4 is 5.65 Å². The van der Waals surface area contributed by atoms with Crippen molar-refractivity contribution in [2.45, 2.75) is 33.4 Å². The zero-order chi connectivity index (χ0) is 11.0. The van der Waals surface area contributed by atoms with Gasteiger partial charge in [0.2, 0.25) is 0 Å². The van der Waals surface area contributed by atoms with E-state index in [1.807, 2.05) is 13.8 Å². The number of alkyl halides is 1. The first kappa shape index (κ1) is 10.0. The van der Waals surface area contributed by atoms with E-state index < -0.39 is 6.17 Å². The van der Waals surface area contributed by atoms with E-state index in [2.05, 4.69) is 15.1 Å². The molecule has 2 heterocycles. The third-order valence-electron chi connectivity index (χ3n) is 2.36. The molecule has 2 aromatic heterocycles. The van der Waals surface area contributed by atoms with Crippen LogP contribution >= 0.6 is 0 Å². The van der Waals surface area contributed by atoms with E-state index in [4.69, 9.17) is 0 Å². The lowest BCUT2D eigenvalue weighted by molar-refractivity contribution is 0.318. The first-order chi connectivity index (χ1) is 7.13. The fourth-order valence-electron chi connectivity index (χ4n) is 1.43. The van der Waals surface area contributed by atoms with Crippen LogP contribution in [0.4, 0.5) is 4.39 Å². The first-order valence-electron chi connectivity index (χ1n) is 4.96. The van der Waals surface area contributed by atoms with Gasteiger partial charge in [-0.1, -0.05) is 6.92 Å². The Balaban J connectivity index is 2.64. The van der Waals surface area contributed by atoms with Crippen molar-refractivity contribution in [3.05, 3.63) is 23.4 Å². The van der Waals surface area contributed by atoms with Crippen LogP contribution in [0.5, 0.6) is 0 Å². The molecule has 15 heavy (non-hydrogen) atoms. The molecule has 0 N–H and O–H groups in total. The molecule has 0 aliphatic rings. The number of hydrogen-bond acceptors (Lipinski definition) is 3. The van der Waals surface area contributed by atoms with Gasteiger partial charge in [-0.15, -0.1) is 5.10 Å². The molecule has 0 aromatic carbocycles. The van der Waals surface area contributed by atoms with Gasteiger partial charge < -0.3 is 0 Å². The molecule has 0 spiro atoms. The number of fused-ring (bicyclic) bond motifs is 1. The summed E-state index contributed by atoms with van der Waals surface area (Å²) < 4.78 is 15.0. The number of halogens is 1. The number of rotatable bonds is 2. The Bertz CT molecular complexity index is 452.